The van der Waals surface area contributed by atoms with Crippen molar-refractivity contribution in [2.24, 2.45) is 3.77 Å². The second-order valence-electron chi connectivity index (χ2n) is 4.33. The summed E-state index contributed by atoms with van der Waals surface area (Å²) in [6, 6.07) is 13.0. The summed E-state index contributed by atoms with van der Waals surface area (Å²) in [4.78, 5) is 0.958. The zero-order valence-corrected chi connectivity index (χ0v) is 12.8. The average molecular weight is 309 g/mol. The largest absolute Gasteiger partial charge is 0.508 e. The maximum absolute atomic E-state index is 12.2. The Labute approximate surface area is 121 Å². The molecule has 0 heterocycles. The molecular formula is C14H15NO3S2. The lowest BCUT2D eigenvalue weighted by Gasteiger charge is -2.04. The number of aromatic hydroxyl groups is 1. The molecule has 1 unspecified atom stereocenters. The first kappa shape index (κ1) is 14.7. The van der Waals surface area contributed by atoms with Crippen LogP contribution in [-0.4, -0.2) is 19.8 Å². The van der Waals surface area contributed by atoms with Gasteiger partial charge < -0.3 is 5.11 Å². The summed E-state index contributed by atoms with van der Waals surface area (Å²) in [7, 11) is -4.45. The van der Waals surface area contributed by atoms with Gasteiger partial charge in [0, 0.05) is 4.90 Å². The van der Waals surface area contributed by atoms with Crippen LogP contribution in [0.4, 0.5) is 0 Å². The summed E-state index contributed by atoms with van der Waals surface area (Å²) in [5, 5.41) is 9.23. The van der Waals surface area contributed by atoms with Crippen molar-refractivity contribution in [3.05, 3.63) is 54.1 Å². The topological polar surface area (TPSA) is 66.7 Å². The second kappa shape index (κ2) is 5.76. The average Bonchev–Trinajstić information content (AvgIpc) is 2.39. The Kier molecular flexibility index (Phi) is 4.25. The predicted molar refractivity (Wildman–Crippen MR) is 80.5 cm³/mol. The van der Waals surface area contributed by atoms with E-state index in [1.807, 2.05) is 6.92 Å². The molecule has 0 saturated heterocycles. The number of hydrogen-bond acceptors (Lipinski definition) is 3. The maximum Gasteiger partial charge on any atom is 0.288 e. The Bertz CT molecular complexity index is 733. The van der Waals surface area contributed by atoms with Crippen molar-refractivity contribution in [2.45, 2.75) is 16.7 Å². The van der Waals surface area contributed by atoms with Crippen molar-refractivity contribution in [2.75, 3.05) is 6.26 Å². The third-order valence-corrected chi connectivity index (χ3v) is 6.21. The first-order valence-corrected chi connectivity index (χ1v) is 8.91. The Balaban J connectivity index is 2.37. The molecule has 0 fully saturated rings. The predicted octanol–water partition coefficient (Wildman–Crippen LogP) is 2.88. The van der Waals surface area contributed by atoms with E-state index in [2.05, 4.69) is 3.77 Å². The number of sulfonamides is 1. The molecule has 2 aromatic carbocycles. The Hall–Kier alpha value is -1.66. The molecule has 6 heteroatoms. The summed E-state index contributed by atoms with van der Waals surface area (Å²) in [5.41, 5.74) is 0.998. The van der Waals surface area contributed by atoms with Crippen LogP contribution < -0.4 is 0 Å². The van der Waals surface area contributed by atoms with Gasteiger partial charge >= 0.3 is 0 Å². The first-order valence-electron chi connectivity index (χ1n) is 5.88. The molecule has 0 radical (unpaired) electrons. The minimum absolute atomic E-state index is 0.146. The van der Waals surface area contributed by atoms with Gasteiger partial charge in [0.25, 0.3) is 10.0 Å². The number of nitrogens with zero attached hydrogens (tertiary/aromatic N) is 1. The van der Waals surface area contributed by atoms with Crippen LogP contribution in [0.25, 0.3) is 0 Å². The van der Waals surface area contributed by atoms with Crippen molar-refractivity contribution >= 4 is 20.7 Å². The van der Waals surface area contributed by atoms with Gasteiger partial charge in [-0.15, -0.1) is 3.77 Å². The molecule has 2 rings (SSSR count). The lowest BCUT2D eigenvalue weighted by Crippen LogP contribution is -2.00. The number of aryl methyl sites for hydroxylation is 1. The van der Waals surface area contributed by atoms with Gasteiger partial charge in [0.05, 0.1) is 4.90 Å². The lowest BCUT2D eigenvalue weighted by atomic mass is 10.2. The highest BCUT2D eigenvalue weighted by molar-refractivity contribution is 7.99. The van der Waals surface area contributed by atoms with Gasteiger partial charge in [-0.1, -0.05) is 28.4 Å². The molecular weight excluding hydrogens is 294 g/mol. The van der Waals surface area contributed by atoms with Crippen LogP contribution in [0.1, 0.15) is 5.56 Å². The van der Waals surface area contributed by atoms with E-state index >= 15 is 0 Å². The van der Waals surface area contributed by atoms with Crippen LogP contribution in [-0.2, 0) is 20.7 Å². The summed E-state index contributed by atoms with van der Waals surface area (Å²) in [6.45, 7) is 1.90. The molecule has 0 aliphatic carbocycles. The molecule has 0 aliphatic rings. The molecule has 0 aliphatic heterocycles. The van der Waals surface area contributed by atoms with E-state index in [-0.39, 0.29) is 10.6 Å². The molecule has 0 aromatic heterocycles. The van der Waals surface area contributed by atoms with Gasteiger partial charge in [0.2, 0.25) is 0 Å². The normalized spacial score (nSPS) is 13.3. The quantitative estimate of drug-likeness (QED) is 0.948. The van der Waals surface area contributed by atoms with Crippen molar-refractivity contribution in [3.8, 4) is 5.75 Å². The molecule has 0 saturated carbocycles. The first-order chi connectivity index (χ1) is 9.38. The van der Waals surface area contributed by atoms with Gasteiger partial charge in [-0.05, 0) is 49.6 Å². The highest BCUT2D eigenvalue weighted by Crippen LogP contribution is 2.18. The maximum atomic E-state index is 12.2. The minimum atomic E-state index is -3.66. The highest BCUT2D eigenvalue weighted by atomic mass is 32.3. The van der Waals surface area contributed by atoms with E-state index in [0.29, 0.717) is 0 Å². The van der Waals surface area contributed by atoms with E-state index < -0.39 is 20.7 Å². The third-order valence-electron chi connectivity index (χ3n) is 2.71. The van der Waals surface area contributed by atoms with Gasteiger partial charge in [0.15, 0.2) is 0 Å². The van der Waals surface area contributed by atoms with E-state index in [0.717, 1.165) is 10.5 Å². The molecule has 0 amide bonds. The molecule has 1 atom stereocenters. The number of hydrogen-bond donors (Lipinski definition) is 1. The highest BCUT2D eigenvalue weighted by Gasteiger charge is 2.13. The van der Waals surface area contributed by atoms with E-state index in [4.69, 9.17) is 0 Å². The van der Waals surface area contributed by atoms with Crippen LogP contribution in [0.5, 0.6) is 5.75 Å². The summed E-state index contributed by atoms with van der Waals surface area (Å²) in [5.74, 6) is 0.146. The Morgan fingerprint density at radius 3 is 2.10 bits per heavy atom. The second-order valence-corrected chi connectivity index (χ2v) is 7.78. The number of rotatable bonds is 3. The fourth-order valence-corrected chi connectivity index (χ4v) is 4.46. The van der Waals surface area contributed by atoms with Crippen molar-refractivity contribution in [1.82, 2.24) is 0 Å². The summed E-state index contributed by atoms with van der Waals surface area (Å²) >= 11 is 0. The molecule has 20 heavy (non-hydrogen) atoms. The van der Waals surface area contributed by atoms with Crippen LogP contribution in [0.15, 0.2) is 62.1 Å². The van der Waals surface area contributed by atoms with Crippen LogP contribution in [0.2, 0.25) is 0 Å². The van der Waals surface area contributed by atoms with E-state index in [1.165, 1.54) is 12.1 Å². The number of benzene rings is 2. The standard InChI is InChI=1S/C14H15NO3S2/c1-11-3-9-14(10-4-11)20(17,18)15-19(2)13-7-5-12(16)6-8-13/h3-10,16H,1-2H3. The fourth-order valence-electron chi connectivity index (χ4n) is 1.59. The van der Waals surface area contributed by atoms with Crippen molar-refractivity contribution in [3.63, 3.8) is 0 Å². The Morgan fingerprint density at radius 1 is 1.00 bits per heavy atom. The zero-order chi connectivity index (χ0) is 14.8. The van der Waals surface area contributed by atoms with Gasteiger partial charge in [-0.3, -0.25) is 0 Å². The lowest BCUT2D eigenvalue weighted by molar-refractivity contribution is 0.475. The molecule has 106 valence electrons. The van der Waals surface area contributed by atoms with E-state index in [1.54, 1.807) is 42.7 Å². The summed E-state index contributed by atoms with van der Waals surface area (Å²) < 4.78 is 28.3. The molecule has 0 spiro atoms. The van der Waals surface area contributed by atoms with Crippen molar-refractivity contribution in [1.29, 1.82) is 0 Å². The van der Waals surface area contributed by atoms with Gasteiger partial charge in [0.1, 0.15) is 5.75 Å². The van der Waals surface area contributed by atoms with Gasteiger partial charge in [-0.2, -0.15) is 8.42 Å². The molecule has 1 N–H and O–H groups in total. The third kappa shape index (κ3) is 3.46. The van der Waals surface area contributed by atoms with Crippen LogP contribution >= 0.6 is 0 Å². The van der Waals surface area contributed by atoms with Crippen LogP contribution in [0, 0.1) is 6.92 Å². The van der Waals surface area contributed by atoms with Gasteiger partial charge in [-0.25, -0.2) is 0 Å². The zero-order valence-electron chi connectivity index (χ0n) is 11.1. The molecule has 2 aromatic rings. The SMILES string of the molecule is Cc1ccc(S(=O)(=O)N=S(C)c2ccc(O)cc2)cc1. The minimum Gasteiger partial charge on any atom is -0.508 e. The molecule has 4 nitrogen and oxygen atoms in total. The number of phenols is 1. The summed E-state index contributed by atoms with van der Waals surface area (Å²) in [6.07, 6.45) is 1.73. The van der Waals surface area contributed by atoms with E-state index in [9.17, 15) is 13.5 Å². The van der Waals surface area contributed by atoms with Crippen LogP contribution in [0.3, 0.4) is 0 Å². The fraction of sp³-hybridized carbons (Fsp3) is 0.143. The smallest absolute Gasteiger partial charge is 0.288 e. The number of phenolic OH excluding ortho intramolecular Hbond substituents is 1. The molecule has 0 bridgehead atoms. The van der Waals surface area contributed by atoms with Crippen molar-refractivity contribution < 1.29 is 13.5 Å². The monoisotopic (exact) mass is 309 g/mol. The Morgan fingerprint density at radius 2 is 1.55 bits per heavy atom.